The van der Waals surface area contributed by atoms with Crippen molar-refractivity contribution in [2.75, 3.05) is 47.5 Å². The molecule has 58 heavy (non-hydrogen) atoms. The zero-order valence-electron chi connectivity index (χ0n) is 38.2. The van der Waals surface area contributed by atoms with Crippen molar-refractivity contribution in [3.63, 3.8) is 0 Å². The molecule has 0 saturated carbocycles. The Morgan fingerprint density at radius 2 is 0.931 bits per heavy atom. The normalized spacial score (nSPS) is 13.8. The first-order chi connectivity index (χ1) is 28.0. The van der Waals surface area contributed by atoms with Gasteiger partial charge in [0, 0.05) is 12.8 Å². The second-order valence-electron chi connectivity index (χ2n) is 17.1. The zero-order chi connectivity index (χ0) is 42.8. The first kappa shape index (κ1) is 56.2. The highest BCUT2D eigenvalue weighted by Crippen LogP contribution is 2.38. The number of carbonyl (C=O) groups excluding carboxylic acids is 2. The van der Waals surface area contributed by atoms with Crippen LogP contribution in [0.3, 0.4) is 0 Å². The molecule has 0 aromatic rings. The van der Waals surface area contributed by atoms with Crippen LogP contribution in [0.4, 0.5) is 0 Å². The molecule has 0 radical (unpaired) electrons. The Kier molecular flexibility index (Phi) is 39.4. The maximum absolute atomic E-state index is 12.7. The highest BCUT2D eigenvalue weighted by Gasteiger charge is 2.21. The van der Waals surface area contributed by atoms with Crippen LogP contribution in [0.15, 0.2) is 36.5 Å². The Hall–Kier alpha value is -1.77. The summed E-state index contributed by atoms with van der Waals surface area (Å²) in [5.41, 5.74) is 0. The van der Waals surface area contributed by atoms with E-state index in [1.807, 2.05) is 21.1 Å². The Balaban J connectivity index is 4.31. The third-order valence-corrected chi connectivity index (χ3v) is 11.1. The Bertz CT molecular complexity index is 1090. The lowest BCUT2D eigenvalue weighted by Crippen LogP contribution is -2.37. The van der Waals surface area contributed by atoms with E-state index in [0.717, 1.165) is 64.2 Å². The maximum atomic E-state index is 12.7. The van der Waals surface area contributed by atoms with Gasteiger partial charge in [0.25, 0.3) is 7.82 Å². The van der Waals surface area contributed by atoms with E-state index < -0.39 is 26.5 Å². The fraction of sp³-hybridized carbons (Fsp3) is 0.833. The monoisotopic (exact) mass is 840 g/mol. The van der Waals surface area contributed by atoms with Crippen molar-refractivity contribution >= 4 is 19.8 Å². The smallest absolute Gasteiger partial charge is 0.306 e. The molecule has 0 N–H and O–H groups in total. The molecule has 0 fully saturated rings. The van der Waals surface area contributed by atoms with E-state index in [1.165, 1.54) is 109 Å². The molecule has 0 saturated heterocycles. The number of unbranched alkanes of at least 4 members (excludes halogenated alkanes) is 23. The molecular weight excluding hydrogens is 750 g/mol. The molecule has 0 heterocycles. The average Bonchev–Trinajstić information content (AvgIpc) is 3.17. The minimum absolute atomic E-state index is 0.0323. The average molecular weight is 840 g/mol. The highest BCUT2D eigenvalue weighted by atomic mass is 31.2. The van der Waals surface area contributed by atoms with Crippen LogP contribution in [-0.2, 0) is 32.7 Å². The maximum Gasteiger partial charge on any atom is 0.306 e. The first-order valence-corrected chi connectivity index (χ1v) is 25.2. The fourth-order valence-corrected chi connectivity index (χ4v) is 7.11. The number of likely N-dealkylation sites (N-methyl/N-ethyl adjacent to an activating group) is 1. The van der Waals surface area contributed by atoms with Crippen molar-refractivity contribution in [1.82, 2.24) is 0 Å². The minimum Gasteiger partial charge on any atom is -0.756 e. The summed E-state index contributed by atoms with van der Waals surface area (Å²) >= 11 is 0. The van der Waals surface area contributed by atoms with E-state index >= 15 is 0 Å². The molecule has 9 nitrogen and oxygen atoms in total. The molecule has 340 valence electrons. The number of hydrogen-bond acceptors (Lipinski definition) is 8. The van der Waals surface area contributed by atoms with Gasteiger partial charge in [0.05, 0.1) is 27.7 Å². The second kappa shape index (κ2) is 40.6. The molecule has 0 aromatic heterocycles. The number of rotatable bonds is 43. The first-order valence-electron chi connectivity index (χ1n) is 23.7. The lowest BCUT2D eigenvalue weighted by Gasteiger charge is -2.28. The predicted molar refractivity (Wildman–Crippen MR) is 241 cm³/mol. The van der Waals surface area contributed by atoms with Gasteiger partial charge in [-0.05, 0) is 70.6 Å². The van der Waals surface area contributed by atoms with Crippen LogP contribution in [0.1, 0.15) is 206 Å². The molecule has 0 aliphatic rings. The van der Waals surface area contributed by atoms with Gasteiger partial charge in [0.1, 0.15) is 19.8 Å². The second-order valence-corrected chi connectivity index (χ2v) is 18.5. The lowest BCUT2D eigenvalue weighted by atomic mass is 10.1. The largest absolute Gasteiger partial charge is 0.756 e. The Labute approximate surface area is 357 Å². The standard InChI is InChI=1S/C48H90NO8P/c1-6-8-10-12-14-16-18-20-22-23-24-25-27-29-31-33-35-37-39-41-48(51)57-46(45-56-58(52,53)55-43-42-49(3,4)5)44-54-47(50)40-38-36-34-32-30-28-26-21-19-17-15-13-11-9-7-2/h14,16-17,19-20,22,46H,6-13,15,18,21,23-45H2,1-5H3/b16-14-,19-17-,22-20-/t46-/m1/s1. The Morgan fingerprint density at radius 1 is 0.534 bits per heavy atom. The van der Waals surface area contributed by atoms with Crippen molar-refractivity contribution in [2.45, 2.75) is 213 Å². The molecule has 0 bridgehead atoms. The van der Waals surface area contributed by atoms with E-state index in [9.17, 15) is 19.0 Å². The van der Waals surface area contributed by atoms with Crippen molar-refractivity contribution < 1.29 is 42.1 Å². The van der Waals surface area contributed by atoms with Gasteiger partial charge >= 0.3 is 11.9 Å². The van der Waals surface area contributed by atoms with Gasteiger partial charge in [-0.2, -0.15) is 0 Å². The van der Waals surface area contributed by atoms with Gasteiger partial charge in [0.2, 0.25) is 0 Å². The highest BCUT2D eigenvalue weighted by molar-refractivity contribution is 7.45. The van der Waals surface area contributed by atoms with Crippen LogP contribution >= 0.6 is 7.82 Å². The lowest BCUT2D eigenvalue weighted by molar-refractivity contribution is -0.870. The number of esters is 2. The molecule has 0 aliphatic heterocycles. The summed E-state index contributed by atoms with van der Waals surface area (Å²) in [7, 11) is 1.16. The number of phosphoric acid groups is 1. The summed E-state index contributed by atoms with van der Waals surface area (Å²) in [4.78, 5) is 37.6. The van der Waals surface area contributed by atoms with Gasteiger partial charge in [-0.3, -0.25) is 14.2 Å². The van der Waals surface area contributed by atoms with Crippen LogP contribution in [0.5, 0.6) is 0 Å². The molecule has 0 rings (SSSR count). The summed E-state index contributed by atoms with van der Waals surface area (Å²) < 4.78 is 34.0. The number of allylic oxidation sites excluding steroid dienone is 6. The third-order valence-electron chi connectivity index (χ3n) is 10.1. The Morgan fingerprint density at radius 3 is 1.41 bits per heavy atom. The van der Waals surface area contributed by atoms with E-state index in [2.05, 4.69) is 50.3 Å². The van der Waals surface area contributed by atoms with Crippen molar-refractivity contribution in [1.29, 1.82) is 0 Å². The van der Waals surface area contributed by atoms with E-state index in [-0.39, 0.29) is 32.0 Å². The fourth-order valence-electron chi connectivity index (χ4n) is 6.39. The summed E-state index contributed by atoms with van der Waals surface area (Å²) in [5.74, 6) is -0.841. The number of hydrogen-bond donors (Lipinski definition) is 0. The van der Waals surface area contributed by atoms with Gasteiger partial charge in [-0.25, -0.2) is 0 Å². The molecule has 0 aromatic carbocycles. The number of quaternary nitrogens is 1. The topological polar surface area (TPSA) is 111 Å². The summed E-state index contributed by atoms with van der Waals surface area (Å²) in [5, 5.41) is 0. The molecule has 1 unspecified atom stereocenters. The van der Waals surface area contributed by atoms with Crippen molar-refractivity contribution in [3.8, 4) is 0 Å². The summed E-state index contributed by atoms with van der Waals surface area (Å²) in [6.45, 7) is 4.19. The summed E-state index contributed by atoms with van der Waals surface area (Å²) in [6.07, 6.45) is 45.9. The molecular formula is C48H90NO8P. The third kappa shape index (κ3) is 43.8. The van der Waals surface area contributed by atoms with Crippen molar-refractivity contribution in [2.24, 2.45) is 0 Å². The van der Waals surface area contributed by atoms with Crippen LogP contribution in [0, 0.1) is 0 Å². The quantitative estimate of drug-likeness (QED) is 0.0196. The molecule has 0 aliphatic carbocycles. The van der Waals surface area contributed by atoms with Crippen LogP contribution in [-0.4, -0.2) is 70.0 Å². The van der Waals surface area contributed by atoms with Crippen LogP contribution in [0.25, 0.3) is 0 Å². The summed E-state index contributed by atoms with van der Waals surface area (Å²) in [6, 6.07) is 0. The van der Waals surface area contributed by atoms with E-state index in [1.54, 1.807) is 0 Å². The number of ether oxygens (including phenoxy) is 2. The molecule has 10 heteroatoms. The predicted octanol–water partition coefficient (Wildman–Crippen LogP) is 13.1. The molecule has 0 amide bonds. The SMILES string of the molecule is CCCCC/C=C\C/C=C\CCCCCCCCCCCC(=O)O[C@H](COC(=O)CCCCCCCCC/C=C\CCCCCC)COP(=O)([O-])OCC[N+](C)(C)C. The number of phosphoric ester groups is 1. The zero-order valence-corrected chi connectivity index (χ0v) is 39.1. The minimum atomic E-state index is -4.63. The van der Waals surface area contributed by atoms with Gasteiger partial charge in [-0.1, -0.05) is 159 Å². The molecule has 0 spiro atoms. The van der Waals surface area contributed by atoms with Crippen LogP contribution in [0.2, 0.25) is 0 Å². The van der Waals surface area contributed by atoms with Crippen LogP contribution < -0.4 is 4.89 Å². The van der Waals surface area contributed by atoms with E-state index in [0.29, 0.717) is 17.4 Å². The number of nitrogens with zero attached hydrogens (tertiary/aromatic N) is 1. The van der Waals surface area contributed by atoms with Gasteiger partial charge in [-0.15, -0.1) is 0 Å². The van der Waals surface area contributed by atoms with Gasteiger partial charge < -0.3 is 27.9 Å². The van der Waals surface area contributed by atoms with E-state index in [4.69, 9.17) is 18.5 Å². The number of carbonyl (C=O) groups is 2. The van der Waals surface area contributed by atoms with Gasteiger partial charge in [0.15, 0.2) is 6.10 Å². The molecule has 2 atom stereocenters. The van der Waals surface area contributed by atoms with Crippen molar-refractivity contribution in [3.05, 3.63) is 36.5 Å².